The molecule has 40 heavy (non-hydrogen) atoms. The fourth-order valence-electron chi connectivity index (χ4n) is 6.39. The Morgan fingerprint density at radius 2 is 1.18 bits per heavy atom. The molecular weight excluding hydrogens is 504 g/mol. The lowest BCUT2D eigenvalue weighted by Gasteiger charge is -2.23. The first-order valence-corrected chi connectivity index (χ1v) is 14.4. The first-order chi connectivity index (χ1) is 19.8. The van der Waals surface area contributed by atoms with Gasteiger partial charge in [0.15, 0.2) is 0 Å². The number of thiophene rings is 1. The van der Waals surface area contributed by atoms with Gasteiger partial charge in [0.1, 0.15) is 11.5 Å². The summed E-state index contributed by atoms with van der Waals surface area (Å²) < 4.78 is 9.13. The van der Waals surface area contributed by atoms with Crippen LogP contribution >= 0.6 is 11.3 Å². The zero-order valence-corrected chi connectivity index (χ0v) is 22.3. The molecule has 0 aliphatic carbocycles. The lowest BCUT2D eigenvalue weighted by Crippen LogP contribution is -1.98. The molecule has 0 amide bonds. The van der Waals surface area contributed by atoms with Crippen LogP contribution in [0, 0.1) is 0 Å². The van der Waals surface area contributed by atoms with E-state index in [0.717, 1.165) is 17.1 Å². The normalized spacial score (nSPS) is 12.2. The minimum atomic E-state index is 0.908. The Morgan fingerprint density at radius 1 is 0.425 bits per heavy atom. The number of fused-ring (bicyclic) bond motifs is 7. The number of ether oxygens (including phenoxy) is 1. The average molecular weight is 527 g/mol. The zero-order valence-electron chi connectivity index (χ0n) is 21.5. The Balaban J connectivity index is 1.22. The van der Waals surface area contributed by atoms with Gasteiger partial charge in [-0.25, -0.2) is 0 Å². The minimum Gasteiger partial charge on any atom is -0.456 e. The molecule has 0 spiro atoms. The average Bonchev–Trinajstić information content (AvgIpc) is 3.40. The van der Waals surface area contributed by atoms with Crippen LogP contribution in [0.5, 0.6) is 11.5 Å². The Morgan fingerprint density at radius 3 is 2.15 bits per heavy atom. The molecule has 9 rings (SSSR count). The SMILES string of the molecule is c1cc(-c2ccc3c(c2)-c2cc4ccccc4c4cccc(c24)O3)cc(-c2cccc3c2sc2ccccc23)c1. The van der Waals surface area contributed by atoms with Crippen molar-refractivity contribution in [3.63, 3.8) is 0 Å². The summed E-state index contributed by atoms with van der Waals surface area (Å²) >= 11 is 1.88. The molecule has 8 aromatic rings. The molecule has 0 fully saturated rings. The van der Waals surface area contributed by atoms with E-state index in [4.69, 9.17) is 4.74 Å². The van der Waals surface area contributed by atoms with Gasteiger partial charge in [0.25, 0.3) is 0 Å². The van der Waals surface area contributed by atoms with E-state index in [-0.39, 0.29) is 0 Å². The number of benzene rings is 7. The third-order valence-electron chi connectivity index (χ3n) is 8.25. The van der Waals surface area contributed by atoms with Crippen molar-refractivity contribution in [3.8, 4) is 44.9 Å². The first kappa shape index (κ1) is 22.0. The lowest BCUT2D eigenvalue weighted by atomic mass is 9.89. The maximum atomic E-state index is 6.46. The Hall–Kier alpha value is -4.92. The second kappa shape index (κ2) is 8.29. The van der Waals surface area contributed by atoms with Gasteiger partial charge in [-0.3, -0.25) is 0 Å². The van der Waals surface area contributed by atoms with Crippen LogP contribution in [0.3, 0.4) is 0 Å². The maximum absolute atomic E-state index is 6.46. The van der Waals surface area contributed by atoms with Gasteiger partial charge in [-0.05, 0) is 80.4 Å². The van der Waals surface area contributed by atoms with Gasteiger partial charge in [0.05, 0.1) is 0 Å². The summed E-state index contributed by atoms with van der Waals surface area (Å²) in [5.41, 5.74) is 7.29. The van der Waals surface area contributed by atoms with Gasteiger partial charge in [0.2, 0.25) is 0 Å². The van der Waals surface area contributed by atoms with Crippen molar-refractivity contribution >= 4 is 53.1 Å². The number of rotatable bonds is 2. The Bertz CT molecular complexity index is 2310. The summed E-state index contributed by atoms with van der Waals surface area (Å²) in [4.78, 5) is 0. The molecule has 186 valence electrons. The second-order valence-corrected chi connectivity index (χ2v) is 11.6. The first-order valence-electron chi connectivity index (χ1n) is 13.6. The van der Waals surface area contributed by atoms with E-state index in [1.807, 2.05) is 11.3 Å². The van der Waals surface area contributed by atoms with Crippen molar-refractivity contribution in [2.45, 2.75) is 0 Å². The van der Waals surface area contributed by atoms with Crippen molar-refractivity contribution in [1.29, 1.82) is 0 Å². The van der Waals surface area contributed by atoms with Crippen LogP contribution in [0.2, 0.25) is 0 Å². The Kier molecular flexibility index (Phi) is 4.55. The molecule has 0 atom stereocenters. The molecule has 0 N–H and O–H groups in total. The minimum absolute atomic E-state index is 0.908. The van der Waals surface area contributed by atoms with Crippen LogP contribution in [-0.2, 0) is 0 Å². The van der Waals surface area contributed by atoms with Crippen LogP contribution < -0.4 is 4.74 Å². The van der Waals surface area contributed by atoms with Crippen molar-refractivity contribution in [2.24, 2.45) is 0 Å². The van der Waals surface area contributed by atoms with E-state index in [2.05, 4.69) is 133 Å². The highest BCUT2D eigenvalue weighted by atomic mass is 32.1. The maximum Gasteiger partial charge on any atom is 0.135 e. The molecule has 2 heteroatoms. The highest BCUT2D eigenvalue weighted by Crippen LogP contribution is 2.49. The van der Waals surface area contributed by atoms with Crippen LogP contribution in [0.25, 0.3) is 75.1 Å². The monoisotopic (exact) mass is 526 g/mol. The van der Waals surface area contributed by atoms with Crippen molar-refractivity contribution < 1.29 is 4.74 Å². The van der Waals surface area contributed by atoms with E-state index in [0.29, 0.717) is 0 Å². The van der Waals surface area contributed by atoms with E-state index < -0.39 is 0 Å². The van der Waals surface area contributed by atoms with Crippen LogP contribution in [-0.4, -0.2) is 0 Å². The third-order valence-corrected chi connectivity index (χ3v) is 9.47. The fourth-order valence-corrected chi connectivity index (χ4v) is 7.63. The molecule has 0 saturated heterocycles. The Labute approximate surface area is 235 Å². The molecule has 0 saturated carbocycles. The molecule has 0 unspecified atom stereocenters. The van der Waals surface area contributed by atoms with E-state index in [1.165, 1.54) is 69.5 Å². The van der Waals surface area contributed by atoms with Gasteiger partial charge in [0, 0.05) is 31.1 Å². The van der Waals surface area contributed by atoms with E-state index in [9.17, 15) is 0 Å². The van der Waals surface area contributed by atoms with Crippen molar-refractivity contribution in [2.75, 3.05) is 0 Å². The standard InChI is InChI=1S/C38H22OS/c1-2-11-27-26(8-1)22-33-32-21-24(18-19-34(32)39-35-16-7-14-30(27)37(33)35)23-9-5-10-25(20-23)28-13-6-15-31-29-12-3-4-17-36(29)40-38(28)31/h1-22H. The lowest BCUT2D eigenvalue weighted by molar-refractivity contribution is 0.487. The number of hydrogen-bond donors (Lipinski definition) is 0. The van der Waals surface area contributed by atoms with E-state index >= 15 is 0 Å². The smallest absolute Gasteiger partial charge is 0.135 e. The van der Waals surface area contributed by atoms with Gasteiger partial charge >= 0.3 is 0 Å². The zero-order chi connectivity index (χ0) is 26.2. The summed E-state index contributed by atoms with van der Waals surface area (Å²) in [5, 5.41) is 7.59. The molecule has 1 aliphatic heterocycles. The summed E-state index contributed by atoms with van der Waals surface area (Å²) in [7, 11) is 0. The highest BCUT2D eigenvalue weighted by Gasteiger charge is 2.22. The molecule has 1 nitrogen and oxygen atoms in total. The van der Waals surface area contributed by atoms with Crippen LogP contribution in [0.1, 0.15) is 0 Å². The molecule has 0 bridgehead atoms. The molecule has 0 radical (unpaired) electrons. The van der Waals surface area contributed by atoms with Gasteiger partial charge in [-0.2, -0.15) is 0 Å². The molecule has 1 aromatic heterocycles. The summed E-state index contributed by atoms with van der Waals surface area (Å²) in [6.45, 7) is 0. The van der Waals surface area contributed by atoms with Gasteiger partial charge < -0.3 is 4.74 Å². The molecular formula is C38H22OS. The summed E-state index contributed by atoms with van der Waals surface area (Å²) in [6, 6.07) is 48.3. The van der Waals surface area contributed by atoms with E-state index in [1.54, 1.807) is 0 Å². The topological polar surface area (TPSA) is 9.23 Å². The highest BCUT2D eigenvalue weighted by molar-refractivity contribution is 7.26. The predicted octanol–water partition coefficient (Wildman–Crippen LogP) is 11.5. The second-order valence-electron chi connectivity index (χ2n) is 10.5. The third kappa shape index (κ3) is 3.14. The largest absolute Gasteiger partial charge is 0.456 e. The van der Waals surface area contributed by atoms with Crippen LogP contribution in [0.4, 0.5) is 0 Å². The van der Waals surface area contributed by atoms with Crippen LogP contribution in [0.15, 0.2) is 133 Å². The quantitative estimate of drug-likeness (QED) is 0.204. The molecule has 2 heterocycles. The number of hydrogen-bond acceptors (Lipinski definition) is 2. The van der Waals surface area contributed by atoms with Crippen molar-refractivity contribution in [1.82, 2.24) is 0 Å². The summed E-state index contributed by atoms with van der Waals surface area (Å²) in [6.07, 6.45) is 0. The van der Waals surface area contributed by atoms with Crippen molar-refractivity contribution in [3.05, 3.63) is 133 Å². The molecule has 1 aliphatic rings. The fraction of sp³-hybridized carbons (Fsp3) is 0. The molecule has 7 aromatic carbocycles. The van der Waals surface area contributed by atoms with Gasteiger partial charge in [-0.15, -0.1) is 11.3 Å². The summed E-state index contributed by atoms with van der Waals surface area (Å²) in [5.74, 6) is 1.84. The van der Waals surface area contributed by atoms with Gasteiger partial charge in [-0.1, -0.05) is 97.1 Å². The predicted molar refractivity (Wildman–Crippen MR) is 171 cm³/mol.